The van der Waals surface area contributed by atoms with E-state index in [1.165, 1.54) is 42.7 Å². The van der Waals surface area contributed by atoms with Gasteiger partial charge in [-0.25, -0.2) is 4.98 Å². The van der Waals surface area contributed by atoms with Crippen molar-refractivity contribution in [2.45, 2.75) is 25.7 Å². The molecule has 3 heterocycles. The smallest absolute Gasteiger partial charge is 0.250 e. The number of benzene rings is 2. The summed E-state index contributed by atoms with van der Waals surface area (Å²) in [7, 11) is 1.98. The van der Waals surface area contributed by atoms with Crippen LogP contribution in [0.3, 0.4) is 0 Å². The summed E-state index contributed by atoms with van der Waals surface area (Å²) in [5, 5.41) is 8.96. The fourth-order valence-corrected chi connectivity index (χ4v) is 4.17. The van der Waals surface area contributed by atoms with E-state index in [2.05, 4.69) is 38.3 Å². The predicted octanol–water partition coefficient (Wildman–Crippen LogP) is 4.69. The van der Waals surface area contributed by atoms with Crippen LogP contribution in [0.1, 0.15) is 24.0 Å². The van der Waals surface area contributed by atoms with Gasteiger partial charge >= 0.3 is 0 Å². The van der Waals surface area contributed by atoms with E-state index in [0.29, 0.717) is 5.95 Å². The number of nitrogens with zero attached hydrogens (tertiary/aromatic N) is 5. The molecular formula is C20H21N5. The fraction of sp³-hybridized carbons (Fsp3) is 0.350. The number of azo groups is 1. The zero-order valence-electron chi connectivity index (χ0n) is 14.4. The second kappa shape index (κ2) is 5.69. The number of imidazole rings is 1. The number of aryl methyl sites for hydroxylation is 3. The van der Waals surface area contributed by atoms with Gasteiger partial charge in [0, 0.05) is 25.8 Å². The molecule has 0 unspecified atom stereocenters. The van der Waals surface area contributed by atoms with Gasteiger partial charge in [0.25, 0.3) is 0 Å². The number of aromatic nitrogens is 2. The monoisotopic (exact) mass is 331 g/mol. The Morgan fingerprint density at radius 1 is 0.960 bits per heavy atom. The molecule has 25 heavy (non-hydrogen) atoms. The Bertz CT molecular complexity index is 954. The van der Waals surface area contributed by atoms with E-state index in [9.17, 15) is 0 Å². The van der Waals surface area contributed by atoms with Crippen molar-refractivity contribution in [3.63, 3.8) is 0 Å². The summed E-state index contributed by atoms with van der Waals surface area (Å²) >= 11 is 0. The van der Waals surface area contributed by atoms with Crippen LogP contribution in [0.5, 0.6) is 0 Å². The molecule has 0 aliphatic carbocycles. The fourth-order valence-electron chi connectivity index (χ4n) is 4.17. The third kappa shape index (κ3) is 2.42. The first-order chi connectivity index (χ1) is 12.3. The lowest BCUT2D eigenvalue weighted by molar-refractivity contribution is 0.634. The van der Waals surface area contributed by atoms with E-state index in [1.54, 1.807) is 0 Å². The molecule has 0 N–H and O–H groups in total. The number of fused-ring (bicyclic) bond motifs is 1. The van der Waals surface area contributed by atoms with Gasteiger partial charge in [-0.2, -0.15) is 0 Å². The number of hydrogen-bond acceptors (Lipinski definition) is 4. The van der Waals surface area contributed by atoms with Crippen LogP contribution in [0, 0.1) is 0 Å². The average molecular weight is 331 g/mol. The van der Waals surface area contributed by atoms with E-state index in [4.69, 9.17) is 0 Å². The molecule has 2 aliphatic heterocycles. The Morgan fingerprint density at radius 3 is 2.40 bits per heavy atom. The van der Waals surface area contributed by atoms with Crippen LogP contribution in [-0.4, -0.2) is 22.6 Å². The molecule has 0 fully saturated rings. The number of anilines is 1. The maximum absolute atomic E-state index is 4.57. The van der Waals surface area contributed by atoms with Gasteiger partial charge in [0.1, 0.15) is 0 Å². The minimum Gasteiger partial charge on any atom is -0.371 e. The SMILES string of the molecule is Cn1c(/N=N/c2cc3c4c(c2)CCCN4CCC3)nc2ccccc21. The highest BCUT2D eigenvalue weighted by Gasteiger charge is 2.24. The number of para-hydroxylation sites is 2. The molecule has 0 amide bonds. The summed E-state index contributed by atoms with van der Waals surface area (Å²) in [6.07, 6.45) is 4.76. The van der Waals surface area contributed by atoms with E-state index >= 15 is 0 Å². The van der Waals surface area contributed by atoms with Crippen LogP contribution in [0.15, 0.2) is 46.6 Å². The van der Waals surface area contributed by atoms with Crippen molar-refractivity contribution < 1.29 is 0 Å². The highest BCUT2D eigenvalue weighted by molar-refractivity contribution is 5.77. The van der Waals surface area contributed by atoms with Gasteiger partial charge in [0.05, 0.1) is 16.7 Å². The lowest BCUT2D eigenvalue weighted by Gasteiger charge is -2.36. The normalized spacial score (nSPS) is 16.6. The third-order valence-corrected chi connectivity index (χ3v) is 5.34. The third-order valence-electron chi connectivity index (χ3n) is 5.34. The van der Waals surface area contributed by atoms with Gasteiger partial charge in [-0.15, -0.1) is 10.2 Å². The van der Waals surface area contributed by atoms with Crippen molar-refractivity contribution in [3.05, 3.63) is 47.5 Å². The van der Waals surface area contributed by atoms with Crippen LogP contribution >= 0.6 is 0 Å². The van der Waals surface area contributed by atoms with Crippen LogP contribution in [0.25, 0.3) is 11.0 Å². The Hall–Kier alpha value is -2.69. The minimum atomic E-state index is 0.647. The molecule has 5 nitrogen and oxygen atoms in total. The standard InChI is InChI=1S/C20H21N5/c1-24-18-9-3-2-8-17(18)21-20(24)23-22-16-12-14-6-4-10-25-11-5-7-15(13-16)19(14)25/h2-3,8-9,12-13H,4-7,10-11H2,1H3/b23-22+. The second-order valence-corrected chi connectivity index (χ2v) is 6.97. The summed E-state index contributed by atoms with van der Waals surface area (Å²) in [5.74, 6) is 0.647. The van der Waals surface area contributed by atoms with Gasteiger partial charge in [-0.3, -0.25) is 0 Å². The Labute approximate surface area is 147 Å². The van der Waals surface area contributed by atoms with E-state index in [0.717, 1.165) is 29.6 Å². The molecule has 126 valence electrons. The second-order valence-electron chi connectivity index (χ2n) is 6.97. The molecule has 0 bridgehead atoms. The van der Waals surface area contributed by atoms with Gasteiger partial charge in [0.2, 0.25) is 5.95 Å². The van der Waals surface area contributed by atoms with Crippen molar-refractivity contribution in [2.75, 3.05) is 18.0 Å². The predicted molar refractivity (Wildman–Crippen MR) is 100 cm³/mol. The maximum Gasteiger partial charge on any atom is 0.250 e. The van der Waals surface area contributed by atoms with Gasteiger partial charge in [0.15, 0.2) is 0 Å². The molecule has 0 radical (unpaired) electrons. The lowest BCUT2D eigenvalue weighted by Crippen LogP contribution is -2.34. The summed E-state index contributed by atoms with van der Waals surface area (Å²) in [6.45, 7) is 2.39. The first-order valence-corrected chi connectivity index (χ1v) is 9.03. The number of rotatable bonds is 2. The molecule has 2 aliphatic rings. The summed E-state index contributed by atoms with van der Waals surface area (Å²) < 4.78 is 1.99. The zero-order chi connectivity index (χ0) is 16.8. The molecule has 5 heteroatoms. The molecule has 0 saturated carbocycles. The van der Waals surface area contributed by atoms with Crippen LogP contribution in [0.2, 0.25) is 0 Å². The van der Waals surface area contributed by atoms with Crippen molar-refractivity contribution in [1.82, 2.24) is 9.55 Å². The molecule has 2 aromatic carbocycles. The summed E-state index contributed by atoms with van der Waals surface area (Å²) in [4.78, 5) is 7.12. The van der Waals surface area contributed by atoms with Crippen LogP contribution in [0.4, 0.5) is 17.3 Å². The van der Waals surface area contributed by atoms with Gasteiger partial charge in [-0.05, 0) is 61.1 Å². The van der Waals surface area contributed by atoms with Crippen molar-refractivity contribution in [2.24, 2.45) is 17.3 Å². The van der Waals surface area contributed by atoms with Crippen LogP contribution in [-0.2, 0) is 19.9 Å². The highest BCUT2D eigenvalue weighted by Crippen LogP contribution is 2.38. The first-order valence-electron chi connectivity index (χ1n) is 9.03. The molecule has 0 atom stereocenters. The largest absolute Gasteiger partial charge is 0.371 e. The van der Waals surface area contributed by atoms with Crippen LogP contribution < -0.4 is 4.90 Å². The molecule has 5 rings (SSSR count). The Kier molecular flexibility index (Phi) is 3.33. The zero-order valence-corrected chi connectivity index (χ0v) is 14.4. The topological polar surface area (TPSA) is 45.8 Å². The molecule has 3 aromatic rings. The summed E-state index contributed by atoms with van der Waals surface area (Å²) in [5.41, 5.74) is 7.32. The number of hydrogen-bond donors (Lipinski definition) is 0. The van der Waals surface area contributed by atoms with Gasteiger partial charge < -0.3 is 9.47 Å². The van der Waals surface area contributed by atoms with Gasteiger partial charge in [-0.1, -0.05) is 12.1 Å². The van der Waals surface area contributed by atoms with Crippen molar-refractivity contribution in [1.29, 1.82) is 0 Å². The lowest BCUT2D eigenvalue weighted by atomic mass is 9.91. The Morgan fingerprint density at radius 2 is 1.68 bits per heavy atom. The van der Waals surface area contributed by atoms with Crippen molar-refractivity contribution >= 4 is 28.4 Å². The highest BCUT2D eigenvalue weighted by atomic mass is 15.3. The quantitative estimate of drug-likeness (QED) is 0.640. The first kappa shape index (κ1) is 14.6. The molecular weight excluding hydrogens is 310 g/mol. The Balaban J connectivity index is 1.53. The molecule has 0 saturated heterocycles. The van der Waals surface area contributed by atoms with E-state index < -0.39 is 0 Å². The maximum atomic E-state index is 4.57. The van der Waals surface area contributed by atoms with E-state index in [-0.39, 0.29) is 0 Å². The average Bonchev–Trinajstić information content (AvgIpc) is 2.97. The summed E-state index contributed by atoms with van der Waals surface area (Å²) in [6, 6.07) is 12.5. The molecule has 1 aromatic heterocycles. The van der Waals surface area contributed by atoms with E-state index in [1.807, 2.05) is 29.8 Å². The molecule has 0 spiro atoms. The minimum absolute atomic E-state index is 0.647. The van der Waals surface area contributed by atoms with Crippen molar-refractivity contribution in [3.8, 4) is 0 Å².